The summed E-state index contributed by atoms with van der Waals surface area (Å²) < 4.78 is 50.2. The van der Waals surface area contributed by atoms with Crippen molar-refractivity contribution in [2.24, 2.45) is 7.05 Å². The fourth-order valence-corrected chi connectivity index (χ4v) is 3.84. The molecule has 0 aliphatic carbocycles. The molecule has 9 nitrogen and oxygen atoms in total. The van der Waals surface area contributed by atoms with E-state index in [0.717, 1.165) is 10.3 Å². The van der Waals surface area contributed by atoms with Gasteiger partial charge in [-0.2, -0.15) is 13.2 Å². The summed E-state index contributed by atoms with van der Waals surface area (Å²) in [5, 5.41) is 0. The number of halogens is 3. The van der Waals surface area contributed by atoms with Crippen LogP contribution in [0.25, 0.3) is 11.2 Å². The standard InChI is InChI=1S/C21H26F3N5O4/c1-6-7-28-17-16(27(8-9-33-5)19(25-17)21(22,23)24)18(31)29(20(28)32)11-15(30)14-10-12(2)26(4)13(14)3/h10H,6-9,11H2,1-5H3. The molecule has 0 N–H and O–H groups in total. The van der Waals surface area contributed by atoms with Crippen molar-refractivity contribution in [1.82, 2.24) is 23.3 Å². The minimum Gasteiger partial charge on any atom is -0.383 e. The van der Waals surface area contributed by atoms with Crippen LogP contribution in [-0.4, -0.2) is 42.8 Å². The van der Waals surface area contributed by atoms with Gasteiger partial charge >= 0.3 is 11.9 Å². The monoisotopic (exact) mass is 469 g/mol. The number of carbonyl (C=O) groups excluding carboxylic acids is 1. The van der Waals surface area contributed by atoms with Gasteiger partial charge in [-0.3, -0.25) is 18.7 Å². The Morgan fingerprint density at radius 3 is 2.30 bits per heavy atom. The van der Waals surface area contributed by atoms with Crippen LogP contribution in [-0.2, 0) is 37.6 Å². The van der Waals surface area contributed by atoms with E-state index in [9.17, 15) is 27.6 Å². The molecule has 0 unspecified atom stereocenters. The van der Waals surface area contributed by atoms with Crippen LogP contribution in [0.5, 0.6) is 0 Å². The molecular formula is C21H26F3N5O4. The third-order valence-corrected chi connectivity index (χ3v) is 5.71. The third kappa shape index (κ3) is 4.26. The van der Waals surface area contributed by atoms with Crippen LogP contribution in [0.1, 0.15) is 40.9 Å². The summed E-state index contributed by atoms with van der Waals surface area (Å²) in [6, 6.07) is 1.65. The molecule has 0 atom stereocenters. The molecule has 33 heavy (non-hydrogen) atoms. The third-order valence-electron chi connectivity index (χ3n) is 5.71. The molecule has 0 aliphatic rings. The molecule has 0 amide bonds. The molecule has 0 fully saturated rings. The van der Waals surface area contributed by atoms with E-state index in [2.05, 4.69) is 4.98 Å². The number of rotatable bonds is 8. The number of aryl methyl sites for hydroxylation is 2. The zero-order valence-electron chi connectivity index (χ0n) is 19.1. The lowest BCUT2D eigenvalue weighted by Crippen LogP contribution is -2.42. The molecular weight excluding hydrogens is 443 g/mol. The first-order chi connectivity index (χ1) is 15.4. The Morgan fingerprint density at radius 1 is 1.12 bits per heavy atom. The predicted molar refractivity (Wildman–Crippen MR) is 115 cm³/mol. The molecule has 0 spiro atoms. The zero-order chi connectivity index (χ0) is 24.7. The molecule has 12 heteroatoms. The van der Waals surface area contributed by atoms with Crippen LogP contribution in [0.3, 0.4) is 0 Å². The van der Waals surface area contributed by atoms with Gasteiger partial charge < -0.3 is 13.9 Å². The van der Waals surface area contributed by atoms with Gasteiger partial charge in [-0.1, -0.05) is 6.92 Å². The minimum absolute atomic E-state index is 0.0336. The van der Waals surface area contributed by atoms with Gasteiger partial charge in [0, 0.05) is 44.2 Å². The highest BCUT2D eigenvalue weighted by Crippen LogP contribution is 2.30. The van der Waals surface area contributed by atoms with E-state index in [1.54, 1.807) is 31.5 Å². The van der Waals surface area contributed by atoms with Crippen molar-refractivity contribution in [3.05, 3.63) is 49.7 Å². The predicted octanol–water partition coefficient (Wildman–Crippen LogP) is 2.27. The Kier molecular flexibility index (Phi) is 6.68. The van der Waals surface area contributed by atoms with Crippen molar-refractivity contribution in [2.75, 3.05) is 13.7 Å². The summed E-state index contributed by atoms with van der Waals surface area (Å²) in [6.07, 6.45) is -4.45. The lowest BCUT2D eigenvalue weighted by molar-refractivity contribution is -0.147. The van der Waals surface area contributed by atoms with Gasteiger partial charge in [0.25, 0.3) is 5.56 Å². The van der Waals surface area contributed by atoms with E-state index in [-0.39, 0.29) is 30.9 Å². The van der Waals surface area contributed by atoms with E-state index in [1.165, 1.54) is 7.11 Å². The van der Waals surface area contributed by atoms with Crippen molar-refractivity contribution in [3.8, 4) is 0 Å². The molecule has 180 valence electrons. The van der Waals surface area contributed by atoms with E-state index >= 15 is 0 Å². The SMILES string of the molecule is CCCn1c(=O)n(CC(=O)c2cc(C)n(C)c2C)c(=O)c2c1nc(C(F)(F)F)n2CCOC. The van der Waals surface area contributed by atoms with Gasteiger partial charge in [-0.15, -0.1) is 0 Å². The number of nitrogens with zero attached hydrogens (tertiary/aromatic N) is 5. The molecule has 0 saturated carbocycles. The van der Waals surface area contributed by atoms with E-state index in [1.807, 2.05) is 6.92 Å². The number of ether oxygens (including phenoxy) is 1. The highest BCUT2D eigenvalue weighted by molar-refractivity contribution is 5.97. The molecule has 0 aromatic carbocycles. The van der Waals surface area contributed by atoms with Crippen LogP contribution in [0.15, 0.2) is 15.7 Å². The zero-order valence-corrected chi connectivity index (χ0v) is 19.1. The van der Waals surface area contributed by atoms with Gasteiger partial charge in [0.05, 0.1) is 13.2 Å². The van der Waals surface area contributed by atoms with E-state index in [4.69, 9.17) is 4.74 Å². The first-order valence-corrected chi connectivity index (χ1v) is 10.4. The molecule has 0 radical (unpaired) electrons. The lowest BCUT2D eigenvalue weighted by Gasteiger charge is -2.13. The number of hydrogen-bond acceptors (Lipinski definition) is 5. The fourth-order valence-electron chi connectivity index (χ4n) is 3.84. The van der Waals surface area contributed by atoms with E-state index in [0.29, 0.717) is 26.8 Å². The maximum Gasteiger partial charge on any atom is 0.449 e. The van der Waals surface area contributed by atoms with Crippen molar-refractivity contribution in [3.63, 3.8) is 0 Å². The van der Waals surface area contributed by atoms with Crippen molar-refractivity contribution < 1.29 is 22.7 Å². The smallest absolute Gasteiger partial charge is 0.383 e. The van der Waals surface area contributed by atoms with Gasteiger partial charge in [-0.05, 0) is 26.3 Å². The van der Waals surface area contributed by atoms with Crippen LogP contribution < -0.4 is 11.2 Å². The summed E-state index contributed by atoms with van der Waals surface area (Å²) in [4.78, 5) is 43.0. The summed E-state index contributed by atoms with van der Waals surface area (Å²) in [5.41, 5.74) is -0.808. The summed E-state index contributed by atoms with van der Waals surface area (Å²) in [7, 11) is 3.10. The van der Waals surface area contributed by atoms with Gasteiger partial charge in [0.2, 0.25) is 5.82 Å². The van der Waals surface area contributed by atoms with Crippen molar-refractivity contribution in [2.45, 2.75) is 53.0 Å². The molecule has 3 rings (SSSR count). The molecule has 0 saturated heterocycles. The van der Waals surface area contributed by atoms with Crippen LogP contribution in [0, 0.1) is 13.8 Å². The number of carbonyl (C=O) groups is 1. The maximum atomic E-state index is 13.7. The van der Waals surface area contributed by atoms with Crippen LogP contribution in [0.4, 0.5) is 13.2 Å². The Labute approximate surface area is 187 Å². The number of aromatic nitrogens is 5. The Hall–Kier alpha value is -3.15. The average molecular weight is 469 g/mol. The average Bonchev–Trinajstić information content (AvgIpc) is 3.26. The Bertz CT molecular complexity index is 1330. The summed E-state index contributed by atoms with van der Waals surface area (Å²) in [6.45, 7) is 4.31. The second-order valence-electron chi connectivity index (χ2n) is 7.84. The molecule has 3 heterocycles. The van der Waals surface area contributed by atoms with E-state index < -0.39 is 35.6 Å². The van der Waals surface area contributed by atoms with Gasteiger partial charge in [-0.25, -0.2) is 9.78 Å². The first kappa shape index (κ1) is 24.5. The maximum absolute atomic E-state index is 13.7. The van der Waals surface area contributed by atoms with Gasteiger partial charge in [0.1, 0.15) is 0 Å². The number of fused-ring (bicyclic) bond motifs is 1. The topological polar surface area (TPSA) is 93.0 Å². The largest absolute Gasteiger partial charge is 0.449 e. The minimum atomic E-state index is -4.86. The molecule has 3 aromatic heterocycles. The summed E-state index contributed by atoms with van der Waals surface area (Å²) >= 11 is 0. The number of ketones is 1. The Balaban J connectivity index is 2.29. The number of Topliss-reactive ketones (excluding diaryl/α,β-unsaturated/α-hetero) is 1. The van der Waals surface area contributed by atoms with Crippen LogP contribution >= 0.6 is 0 Å². The van der Waals surface area contributed by atoms with Gasteiger partial charge in [0.15, 0.2) is 16.9 Å². The highest BCUT2D eigenvalue weighted by atomic mass is 19.4. The number of imidazole rings is 1. The second-order valence-corrected chi connectivity index (χ2v) is 7.84. The van der Waals surface area contributed by atoms with Crippen LogP contribution in [0.2, 0.25) is 0 Å². The number of alkyl halides is 3. The van der Waals surface area contributed by atoms with Crippen molar-refractivity contribution in [1.29, 1.82) is 0 Å². The summed E-state index contributed by atoms with van der Waals surface area (Å²) in [5.74, 6) is -1.79. The fraction of sp³-hybridized carbons (Fsp3) is 0.524. The quantitative estimate of drug-likeness (QED) is 0.472. The normalized spacial score (nSPS) is 12.1. The molecule has 0 bridgehead atoms. The lowest BCUT2D eigenvalue weighted by atomic mass is 10.1. The Morgan fingerprint density at radius 2 is 1.79 bits per heavy atom. The van der Waals surface area contributed by atoms with Crippen molar-refractivity contribution >= 4 is 16.9 Å². The molecule has 3 aromatic rings. The first-order valence-electron chi connectivity index (χ1n) is 10.4. The molecule has 0 aliphatic heterocycles. The second kappa shape index (κ2) is 9.00. The number of methoxy groups -OCH3 is 1. The highest BCUT2D eigenvalue weighted by Gasteiger charge is 2.39. The number of hydrogen-bond donors (Lipinski definition) is 0.